The number of nitrogens with one attached hydrogen (secondary N) is 2. The van der Waals surface area contributed by atoms with Crippen LogP contribution in [0, 0.1) is 17.2 Å². The summed E-state index contributed by atoms with van der Waals surface area (Å²) in [6.07, 6.45) is 3.44. The first-order valence-electron chi connectivity index (χ1n) is 9.61. The van der Waals surface area contributed by atoms with Crippen molar-refractivity contribution in [1.29, 1.82) is 5.26 Å². The molecule has 0 spiro atoms. The van der Waals surface area contributed by atoms with E-state index < -0.39 is 0 Å². The first-order chi connectivity index (χ1) is 14.0. The first kappa shape index (κ1) is 19.3. The summed E-state index contributed by atoms with van der Waals surface area (Å²) >= 11 is 1.73. The van der Waals surface area contributed by atoms with Gasteiger partial charge in [-0.15, -0.1) is 0 Å². The molecule has 29 heavy (non-hydrogen) atoms. The van der Waals surface area contributed by atoms with Gasteiger partial charge in [0.25, 0.3) is 0 Å². The quantitative estimate of drug-likeness (QED) is 0.665. The van der Waals surface area contributed by atoms with E-state index in [1.165, 1.54) is 0 Å². The minimum atomic E-state index is 0.268. The van der Waals surface area contributed by atoms with Crippen LogP contribution in [0.15, 0.2) is 41.8 Å². The van der Waals surface area contributed by atoms with Crippen molar-refractivity contribution < 1.29 is 0 Å². The molecule has 0 aromatic carbocycles. The van der Waals surface area contributed by atoms with Gasteiger partial charge in [0.15, 0.2) is 0 Å². The highest BCUT2D eigenvalue weighted by atomic mass is 32.2. The van der Waals surface area contributed by atoms with Crippen LogP contribution < -0.4 is 10.7 Å². The number of aromatic nitrogens is 3. The van der Waals surface area contributed by atoms with Crippen LogP contribution in [-0.4, -0.2) is 31.1 Å². The summed E-state index contributed by atoms with van der Waals surface area (Å²) in [5.41, 5.74) is 8.29. The third-order valence-electron chi connectivity index (χ3n) is 4.61. The molecule has 0 aliphatic carbocycles. The van der Waals surface area contributed by atoms with E-state index in [-0.39, 0.29) is 11.4 Å². The Hall–Kier alpha value is -3.05. The van der Waals surface area contributed by atoms with Gasteiger partial charge in [0.2, 0.25) is 0 Å². The van der Waals surface area contributed by atoms with Crippen molar-refractivity contribution in [2.45, 2.75) is 39.1 Å². The molecule has 1 aliphatic heterocycles. The highest BCUT2D eigenvalue weighted by Gasteiger charge is 2.25. The van der Waals surface area contributed by atoms with Gasteiger partial charge in [-0.2, -0.15) is 15.5 Å². The van der Waals surface area contributed by atoms with Crippen molar-refractivity contribution in [2.24, 2.45) is 11.0 Å². The highest BCUT2D eigenvalue weighted by molar-refractivity contribution is 8.15. The van der Waals surface area contributed by atoms with Crippen molar-refractivity contribution in [3.05, 3.63) is 47.8 Å². The van der Waals surface area contributed by atoms with E-state index in [4.69, 9.17) is 10.2 Å². The van der Waals surface area contributed by atoms with Gasteiger partial charge in [0, 0.05) is 17.9 Å². The topological polar surface area (TPSA) is 90.4 Å². The lowest BCUT2D eigenvalue weighted by atomic mass is 10.1. The molecule has 1 aliphatic rings. The number of thioether (sulfide) groups is 1. The fourth-order valence-electron chi connectivity index (χ4n) is 3.15. The standard InChI is InChI=1S/C21H23N7S/c1-12(2)20-26-27-21(29-20)16-11-23-18(8-17(16)25-13(3)4)19-6-5-15-7-14(9-22)10-24-28(15)19/h5-8,10-13,20,26H,1-4H3,(H,23,25). The fourth-order valence-corrected chi connectivity index (χ4v) is 4.17. The fraction of sp³-hybridized carbons (Fsp3) is 0.333. The normalized spacial score (nSPS) is 16.2. The van der Waals surface area contributed by atoms with E-state index in [0.29, 0.717) is 11.5 Å². The molecule has 0 bridgehead atoms. The number of hydrogen-bond donors (Lipinski definition) is 2. The van der Waals surface area contributed by atoms with Crippen LogP contribution in [-0.2, 0) is 0 Å². The Kier molecular flexibility index (Phi) is 5.16. The maximum absolute atomic E-state index is 9.09. The number of anilines is 1. The Morgan fingerprint density at radius 3 is 2.72 bits per heavy atom. The molecule has 0 fully saturated rings. The van der Waals surface area contributed by atoms with E-state index >= 15 is 0 Å². The molecule has 2 N–H and O–H groups in total. The van der Waals surface area contributed by atoms with Crippen LogP contribution in [0.5, 0.6) is 0 Å². The molecule has 7 nitrogen and oxygen atoms in total. The Morgan fingerprint density at radius 1 is 1.21 bits per heavy atom. The number of nitrogens with zero attached hydrogens (tertiary/aromatic N) is 5. The third kappa shape index (κ3) is 3.78. The summed E-state index contributed by atoms with van der Waals surface area (Å²) in [6.45, 7) is 8.58. The Bertz CT molecular complexity index is 1120. The van der Waals surface area contributed by atoms with Gasteiger partial charge < -0.3 is 5.32 Å². The maximum atomic E-state index is 9.09. The lowest BCUT2D eigenvalue weighted by Crippen LogP contribution is -2.21. The molecular weight excluding hydrogens is 382 g/mol. The van der Waals surface area contributed by atoms with Crippen LogP contribution in [0.1, 0.15) is 38.8 Å². The molecule has 4 heterocycles. The summed E-state index contributed by atoms with van der Waals surface area (Å²) < 4.78 is 1.81. The van der Waals surface area contributed by atoms with Gasteiger partial charge in [-0.05, 0) is 44.0 Å². The lowest BCUT2D eigenvalue weighted by molar-refractivity contribution is 0.538. The van der Waals surface area contributed by atoms with Gasteiger partial charge in [-0.1, -0.05) is 25.6 Å². The minimum Gasteiger partial charge on any atom is -0.382 e. The predicted octanol–water partition coefficient (Wildman–Crippen LogP) is 4.07. The highest BCUT2D eigenvalue weighted by Crippen LogP contribution is 2.32. The molecule has 1 unspecified atom stereocenters. The van der Waals surface area contributed by atoms with Crippen molar-refractivity contribution in [2.75, 3.05) is 5.32 Å². The number of rotatable bonds is 5. The molecule has 4 rings (SSSR count). The smallest absolute Gasteiger partial charge is 0.129 e. The zero-order valence-corrected chi connectivity index (χ0v) is 17.7. The van der Waals surface area contributed by atoms with Gasteiger partial charge in [-0.25, -0.2) is 4.52 Å². The number of fused-ring (bicyclic) bond motifs is 1. The molecule has 3 aromatic heterocycles. The van der Waals surface area contributed by atoms with Crippen molar-refractivity contribution in [3.63, 3.8) is 0 Å². The van der Waals surface area contributed by atoms with Gasteiger partial charge in [0.1, 0.15) is 11.1 Å². The monoisotopic (exact) mass is 405 g/mol. The molecule has 0 radical (unpaired) electrons. The Morgan fingerprint density at radius 2 is 2.03 bits per heavy atom. The minimum absolute atomic E-state index is 0.268. The largest absolute Gasteiger partial charge is 0.382 e. The van der Waals surface area contributed by atoms with Crippen molar-refractivity contribution in [3.8, 4) is 17.5 Å². The summed E-state index contributed by atoms with van der Waals surface area (Å²) in [5.74, 6) is 0.478. The SMILES string of the molecule is CC(C)Nc1cc(-c2ccc3cc(C#N)cnn23)ncc1C1=NNC(C(C)C)S1. The Balaban J connectivity index is 1.74. The predicted molar refractivity (Wildman–Crippen MR) is 118 cm³/mol. The van der Waals surface area contributed by atoms with E-state index in [0.717, 1.165) is 33.2 Å². The zero-order valence-electron chi connectivity index (χ0n) is 16.8. The van der Waals surface area contributed by atoms with Crippen LogP contribution in [0.3, 0.4) is 0 Å². The van der Waals surface area contributed by atoms with Crippen LogP contribution in [0.25, 0.3) is 16.9 Å². The van der Waals surface area contributed by atoms with Crippen LogP contribution in [0.4, 0.5) is 5.69 Å². The van der Waals surface area contributed by atoms with Crippen molar-refractivity contribution in [1.82, 2.24) is 20.0 Å². The second-order valence-electron chi connectivity index (χ2n) is 7.65. The van der Waals surface area contributed by atoms with Gasteiger partial charge in [0.05, 0.1) is 39.6 Å². The summed E-state index contributed by atoms with van der Waals surface area (Å²) in [7, 11) is 0. The number of nitriles is 1. The summed E-state index contributed by atoms with van der Waals surface area (Å²) in [6, 6.07) is 10.2. The van der Waals surface area contributed by atoms with Gasteiger partial charge >= 0.3 is 0 Å². The molecule has 8 heteroatoms. The van der Waals surface area contributed by atoms with Crippen molar-refractivity contribution >= 4 is 28.0 Å². The van der Waals surface area contributed by atoms with E-state index in [1.54, 1.807) is 22.5 Å². The molecular formula is C21H23N7S. The van der Waals surface area contributed by atoms with Crippen LogP contribution >= 0.6 is 11.8 Å². The average Bonchev–Trinajstić information content (AvgIpc) is 3.34. The van der Waals surface area contributed by atoms with E-state index in [2.05, 4.69) is 54.7 Å². The molecule has 1 atom stereocenters. The Labute approximate surface area is 174 Å². The molecule has 0 saturated carbocycles. The second kappa shape index (κ2) is 7.76. The molecule has 0 amide bonds. The van der Waals surface area contributed by atoms with Crippen LogP contribution in [0.2, 0.25) is 0 Å². The number of hydrazone groups is 1. The average molecular weight is 406 g/mol. The number of hydrogen-bond acceptors (Lipinski definition) is 7. The molecule has 3 aromatic rings. The summed E-state index contributed by atoms with van der Waals surface area (Å²) in [4.78, 5) is 4.71. The number of pyridine rings is 1. The summed E-state index contributed by atoms with van der Waals surface area (Å²) in [5, 5.41) is 22.8. The molecule has 0 saturated heterocycles. The third-order valence-corrected chi connectivity index (χ3v) is 6.05. The van der Waals surface area contributed by atoms with E-state index in [9.17, 15) is 0 Å². The molecule has 148 valence electrons. The van der Waals surface area contributed by atoms with E-state index in [1.807, 2.05) is 30.5 Å². The second-order valence-corrected chi connectivity index (χ2v) is 8.78. The maximum Gasteiger partial charge on any atom is 0.129 e. The van der Waals surface area contributed by atoms with Gasteiger partial charge in [-0.3, -0.25) is 10.4 Å². The lowest BCUT2D eigenvalue weighted by Gasteiger charge is -2.16. The first-order valence-corrected chi connectivity index (χ1v) is 10.5. The zero-order chi connectivity index (χ0) is 20.5.